The monoisotopic (exact) mass is 245 g/mol. The topological polar surface area (TPSA) is 32.3 Å². The molecule has 0 spiro atoms. The molecule has 0 aromatic carbocycles. The van der Waals surface area contributed by atoms with Gasteiger partial charge in [0.25, 0.3) is 0 Å². The number of halogens is 3. The molecule has 0 atom stereocenters. The number of thioether (sulfide) groups is 1. The number of hydrogen-bond donors (Lipinski definition) is 2. The van der Waals surface area contributed by atoms with Gasteiger partial charge in [0.15, 0.2) is 0 Å². The minimum atomic E-state index is -4.16. The van der Waals surface area contributed by atoms with Gasteiger partial charge in [-0.1, -0.05) is 13.8 Å². The van der Waals surface area contributed by atoms with Crippen molar-refractivity contribution < 1.29 is 18.3 Å². The lowest BCUT2D eigenvalue weighted by atomic mass is 9.94. The molecule has 92 valence electrons. The smallest absolute Gasteiger partial charge is 0.394 e. The molecule has 0 unspecified atom stereocenters. The second-order valence-corrected chi connectivity index (χ2v) is 4.53. The fraction of sp³-hybridized carbons (Fsp3) is 1.00. The van der Waals surface area contributed by atoms with Crippen LogP contribution in [0.5, 0.6) is 0 Å². The molecule has 0 rings (SSSR count). The van der Waals surface area contributed by atoms with Crippen LogP contribution in [0.1, 0.15) is 26.7 Å². The average molecular weight is 245 g/mol. The van der Waals surface area contributed by atoms with Gasteiger partial charge in [-0.25, -0.2) is 0 Å². The van der Waals surface area contributed by atoms with Crippen LogP contribution in [0.4, 0.5) is 13.2 Å². The zero-order valence-corrected chi connectivity index (χ0v) is 9.84. The van der Waals surface area contributed by atoms with Crippen molar-refractivity contribution in [3.05, 3.63) is 0 Å². The van der Waals surface area contributed by atoms with Crippen LogP contribution in [0.25, 0.3) is 0 Å². The standard InChI is InChI=1S/C9H18F3NOS/c1-3-8(4-2,7-14)13-5-6-15-9(10,11)12/h13-14H,3-7H2,1-2H3. The molecule has 0 aliphatic heterocycles. The lowest BCUT2D eigenvalue weighted by Crippen LogP contribution is -2.48. The van der Waals surface area contributed by atoms with Gasteiger partial charge in [0, 0.05) is 17.8 Å². The molecule has 0 saturated carbocycles. The van der Waals surface area contributed by atoms with Crippen LogP contribution in [0.15, 0.2) is 0 Å². The third-order valence-corrected chi connectivity index (χ3v) is 3.26. The Balaban J connectivity index is 3.82. The average Bonchev–Trinajstić information content (AvgIpc) is 2.18. The minimum absolute atomic E-state index is 0.0226. The number of aliphatic hydroxyl groups is 1. The quantitative estimate of drug-likeness (QED) is 0.675. The van der Waals surface area contributed by atoms with Gasteiger partial charge in [-0.3, -0.25) is 0 Å². The fourth-order valence-corrected chi connectivity index (χ4v) is 1.70. The Hall–Kier alpha value is 0.0600. The molecular formula is C9H18F3NOS. The van der Waals surface area contributed by atoms with Crippen LogP contribution in [0.2, 0.25) is 0 Å². The van der Waals surface area contributed by atoms with Crippen molar-refractivity contribution in [3.8, 4) is 0 Å². The van der Waals surface area contributed by atoms with E-state index in [-0.39, 0.29) is 30.7 Å². The number of hydrogen-bond acceptors (Lipinski definition) is 3. The first kappa shape index (κ1) is 15.1. The summed E-state index contributed by atoms with van der Waals surface area (Å²) < 4.78 is 35.4. The van der Waals surface area contributed by atoms with Gasteiger partial charge in [-0.15, -0.1) is 0 Å². The van der Waals surface area contributed by atoms with E-state index in [0.29, 0.717) is 12.8 Å². The highest BCUT2D eigenvalue weighted by Crippen LogP contribution is 2.29. The first-order valence-corrected chi connectivity index (χ1v) is 5.94. The van der Waals surface area contributed by atoms with Crippen molar-refractivity contribution in [2.24, 2.45) is 0 Å². The predicted octanol–water partition coefficient (Wildman–Crippen LogP) is 2.38. The second kappa shape index (κ2) is 6.60. The largest absolute Gasteiger partial charge is 0.441 e. The Morgan fingerprint density at radius 3 is 2.07 bits per heavy atom. The summed E-state index contributed by atoms with van der Waals surface area (Å²) in [7, 11) is 0. The van der Waals surface area contributed by atoms with E-state index in [9.17, 15) is 13.2 Å². The SMILES string of the molecule is CCC(CC)(CO)NCCSC(F)(F)F. The first-order valence-electron chi connectivity index (χ1n) is 4.95. The van der Waals surface area contributed by atoms with Crippen LogP contribution in [0, 0.1) is 0 Å². The molecule has 0 aromatic heterocycles. The second-order valence-electron chi connectivity index (χ2n) is 3.37. The van der Waals surface area contributed by atoms with Gasteiger partial charge in [0.05, 0.1) is 6.61 Å². The zero-order chi connectivity index (χ0) is 11.9. The molecule has 0 amide bonds. The van der Waals surface area contributed by atoms with E-state index < -0.39 is 11.0 Å². The van der Waals surface area contributed by atoms with Gasteiger partial charge in [0.1, 0.15) is 0 Å². The maximum atomic E-state index is 11.8. The van der Waals surface area contributed by atoms with Crippen molar-refractivity contribution in [1.29, 1.82) is 0 Å². The summed E-state index contributed by atoms with van der Waals surface area (Å²) in [6, 6.07) is 0. The molecule has 0 radical (unpaired) electrons. The number of alkyl halides is 3. The van der Waals surface area contributed by atoms with E-state index in [0.717, 1.165) is 0 Å². The fourth-order valence-electron chi connectivity index (χ4n) is 1.26. The molecule has 0 saturated heterocycles. The van der Waals surface area contributed by atoms with E-state index >= 15 is 0 Å². The molecular weight excluding hydrogens is 227 g/mol. The lowest BCUT2D eigenvalue weighted by molar-refractivity contribution is -0.0328. The molecule has 15 heavy (non-hydrogen) atoms. The molecule has 0 fully saturated rings. The van der Waals surface area contributed by atoms with Crippen molar-refractivity contribution in [1.82, 2.24) is 5.32 Å². The minimum Gasteiger partial charge on any atom is -0.394 e. The van der Waals surface area contributed by atoms with E-state index in [2.05, 4.69) is 5.32 Å². The van der Waals surface area contributed by atoms with Crippen LogP contribution in [-0.2, 0) is 0 Å². The highest BCUT2D eigenvalue weighted by Gasteiger charge is 2.29. The molecule has 2 nitrogen and oxygen atoms in total. The Bertz CT molecular complexity index is 163. The molecule has 6 heteroatoms. The summed E-state index contributed by atoms with van der Waals surface area (Å²) in [6.07, 6.45) is 1.41. The Kier molecular flexibility index (Phi) is 6.63. The maximum absolute atomic E-state index is 11.8. The lowest BCUT2D eigenvalue weighted by Gasteiger charge is -2.30. The van der Waals surface area contributed by atoms with Crippen LogP contribution in [-0.4, -0.2) is 35.1 Å². The van der Waals surface area contributed by atoms with Gasteiger partial charge in [-0.2, -0.15) is 13.2 Å². The Morgan fingerprint density at radius 2 is 1.73 bits per heavy atom. The normalized spacial score (nSPS) is 13.2. The van der Waals surface area contributed by atoms with E-state index in [1.54, 1.807) is 0 Å². The van der Waals surface area contributed by atoms with Crippen molar-refractivity contribution in [3.63, 3.8) is 0 Å². The Morgan fingerprint density at radius 1 is 1.20 bits per heavy atom. The number of nitrogens with one attached hydrogen (secondary N) is 1. The number of aliphatic hydroxyl groups excluding tert-OH is 1. The van der Waals surface area contributed by atoms with E-state index in [1.807, 2.05) is 13.8 Å². The first-order chi connectivity index (χ1) is 6.89. The summed E-state index contributed by atoms with van der Waals surface area (Å²) in [5, 5.41) is 12.1. The van der Waals surface area contributed by atoms with Crippen LogP contribution < -0.4 is 5.32 Å². The summed E-state index contributed by atoms with van der Waals surface area (Å²) in [5.41, 5.74) is -4.59. The summed E-state index contributed by atoms with van der Waals surface area (Å²) in [6.45, 7) is 4.02. The van der Waals surface area contributed by atoms with Crippen LogP contribution in [0.3, 0.4) is 0 Å². The van der Waals surface area contributed by atoms with E-state index in [1.165, 1.54) is 0 Å². The van der Waals surface area contributed by atoms with E-state index in [4.69, 9.17) is 5.11 Å². The van der Waals surface area contributed by atoms with Gasteiger partial charge in [-0.05, 0) is 24.6 Å². The van der Waals surface area contributed by atoms with Crippen LogP contribution >= 0.6 is 11.8 Å². The molecule has 0 aliphatic rings. The van der Waals surface area contributed by atoms with Crippen molar-refractivity contribution >= 4 is 11.8 Å². The molecule has 0 heterocycles. The molecule has 0 aromatic rings. The van der Waals surface area contributed by atoms with Gasteiger partial charge < -0.3 is 10.4 Å². The third kappa shape index (κ3) is 6.27. The van der Waals surface area contributed by atoms with Gasteiger partial charge in [0.2, 0.25) is 0 Å². The molecule has 0 aliphatic carbocycles. The predicted molar refractivity (Wildman–Crippen MR) is 56.9 cm³/mol. The van der Waals surface area contributed by atoms with Crippen molar-refractivity contribution in [2.45, 2.75) is 37.7 Å². The zero-order valence-electron chi connectivity index (χ0n) is 9.02. The molecule has 2 N–H and O–H groups in total. The summed E-state index contributed by atoms with van der Waals surface area (Å²) >= 11 is -0.0384. The number of rotatable bonds is 7. The third-order valence-electron chi connectivity index (χ3n) is 2.52. The summed E-state index contributed by atoms with van der Waals surface area (Å²) in [5.74, 6) is -0.0226. The highest BCUT2D eigenvalue weighted by molar-refractivity contribution is 8.00. The van der Waals surface area contributed by atoms with Crippen molar-refractivity contribution in [2.75, 3.05) is 18.9 Å². The molecule has 0 bridgehead atoms. The summed E-state index contributed by atoms with van der Waals surface area (Å²) in [4.78, 5) is 0. The maximum Gasteiger partial charge on any atom is 0.441 e. The van der Waals surface area contributed by atoms with Gasteiger partial charge >= 0.3 is 5.51 Å². The Labute approximate surface area is 92.6 Å². The highest BCUT2D eigenvalue weighted by atomic mass is 32.2.